The Morgan fingerprint density at radius 2 is 1.88 bits per heavy atom. The second-order valence-corrected chi connectivity index (χ2v) is 6.21. The topological polar surface area (TPSA) is 67.9 Å². The van der Waals surface area contributed by atoms with Gasteiger partial charge < -0.3 is 19.7 Å². The van der Waals surface area contributed by atoms with Crippen LogP contribution in [0.3, 0.4) is 0 Å². The Hall–Kier alpha value is -3.02. The van der Waals surface area contributed by atoms with Crippen molar-refractivity contribution in [3.05, 3.63) is 54.1 Å². The maximum atomic E-state index is 13.0. The molecule has 3 rings (SSSR count). The van der Waals surface area contributed by atoms with E-state index in [1.807, 2.05) is 37.3 Å². The molecule has 0 radical (unpaired) electrons. The van der Waals surface area contributed by atoms with Gasteiger partial charge >= 0.3 is 0 Å². The molecule has 0 aliphatic carbocycles. The first-order valence-electron chi connectivity index (χ1n) is 8.51. The van der Waals surface area contributed by atoms with Gasteiger partial charge in [-0.2, -0.15) is 0 Å². The number of hydrogen-bond acceptors (Lipinski definition) is 4. The summed E-state index contributed by atoms with van der Waals surface area (Å²) in [6.07, 6.45) is -1.46. The molecule has 2 atom stereocenters. The minimum Gasteiger partial charge on any atom is -0.481 e. The van der Waals surface area contributed by atoms with Gasteiger partial charge in [0.2, 0.25) is 0 Å². The molecule has 6 nitrogen and oxygen atoms in total. The highest BCUT2D eigenvalue weighted by Gasteiger charge is 2.35. The lowest BCUT2D eigenvalue weighted by molar-refractivity contribution is -0.129. The summed E-state index contributed by atoms with van der Waals surface area (Å²) in [5.41, 5.74) is 1.75. The van der Waals surface area contributed by atoms with E-state index < -0.39 is 12.2 Å². The third-order valence-corrected chi connectivity index (χ3v) is 4.26. The van der Waals surface area contributed by atoms with Crippen molar-refractivity contribution in [1.29, 1.82) is 0 Å². The fourth-order valence-corrected chi connectivity index (χ4v) is 2.83. The number of rotatable bonds is 4. The third-order valence-electron chi connectivity index (χ3n) is 4.26. The molecule has 2 amide bonds. The van der Waals surface area contributed by atoms with Crippen LogP contribution in [0.25, 0.3) is 0 Å². The zero-order chi connectivity index (χ0) is 18.7. The number of fused-ring (bicyclic) bond motifs is 1. The van der Waals surface area contributed by atoms with Crippen LogP contribution in [0.5, 0.6) is 11.5 Å². The van der Waals surface area contributed by atoms with Gasteiger partial charge in [0.05, 0.1) is 12.2 Å². The Balaban J connectivity index is 1.82. The van der Waals surface area contributed by atoms with Crippen molar-refractivity contribution in [1.82, 2.24) is 5.32 Å². The Morgan fingerprint density at radius 1 is 1.19 bits per heavy atom. The number of nitrogens with one attached hydrogen (secondary N) is 1. The zero-order valence-corrected chi connectivity index (χ0v) is 15.1. The number of nitrogens with zero attached hydrogens (tertiary/aromatic N) is 1. The quantitative estimate of drug-likeness (QED) is 0.915. The molecule has 0 spiro atoms. The van der Waals surface area contributed by atoms with E-state index in [1.54, 1.807) is 37.1 Å². The smallest absolute Gasteiger partial charge is 0.268 e. The lowest BCUT2D eigenvalue weighted by Gasteiger charge is -2.35. The van der Waals surface area contributed by atoms with Gasteiger partial charge in [-0.15, -0.1) is 0 Å². The molecule has 0 saturated carbocycles. The Labute approximate surface area is 152 Å². The molecule has 0 fully saturated rings. The molecule has 0 unspecified atom stereocenters. The molecular weight excluding hydrogens is 332 g/mol. The number of anilines is 1. The molecule has 0 saturated heterocycles. The summed E-state index contributed by atoms with van der Waals surface area (Å²) in [4.78, 5) is 26.6. The lowest BCUT2D eigenvalue weighted by atomic mass is 10.1. The maximum Gasteiger partial charge on any atom is 0.268 e. The van der Waals surface area contributed by atoms with E-state index in [-0.39, 0.29) is 18.4 Å². The molecule has 0 bridgehead atoms. The molecule has 6 heteroatoms. The molecule has 136 valence electrons. The van der Waals surface area contributed by atoms with E-state index in [9.17, 15) is 9.59 Å². The minimum absolute atomic E-state index is 0.136. The number of aryl methyl sites for hydroxylation is 1. The van der Waals surface area contributed by atoms with Gasteiger partial charge in [0.25, 0.3) is 11.8 Å². The second kappa shape index (κ2) is 7.47. The number of amides is 2. The average Bonchev–Trinajstić information content (AvgIpc) is 2.67. The van der Waals surface area contributed by atoms with Gasteiger partial charge in [-0.25, -0.2) is 0 Å². The standard InChI is InChI=1S/C20H22N2O4/c1-13-8-10-15(11-9-13)25-14(2)20(24)22-12-18(19(23)21-3)26-17-7-5-4-6-16(17)22/h4-11,14,18H,12H2,1-3H3,(H,21,23)/t14-,18+/m0/s1. The summed E-state index contributed by atoms with van der Waals surface area (Å²) in [6, 6.07) is 14.7. The Kier molecular flexibility index (Phi) is 5.11. The van der Waals surface area contributed by atoms with Crippen LogP contribution in [0.4, 0.5) is 5.69 Å². The normalized spacial score (nSPS) is 16.9. The average molecular weight is 354 g/mol. The summed E-state index contributed by atoms with van der Waals surface area (Å²) in [6.45, 7) is 3.83. The van der Waals surface area contributed by atoms with Crippen molar-refractivity contribution in [3.8, 4) is 11.5 Å². The zero-order valence-electron chi connectivity index (χ0n) is 15.1. The first kappa shape index (κ1) is 17.8. The number of carbonyl (C=O) groups excluding carboxylic acids is 2. The van der Waals surface area contributed by atoms with Gasteiger partial charge in [0.15, 0.2) is 12.2 Å². The lowest BCUT2D eigenvalue weighted by Crippen LogP contribution is -2.52. The van der Waals surface area contributed by atoms with Crippen molar-refractivity contribution in [2.75, 3.05) is 18.5 Å². The van der Waals surface area contributed by atoms with Crippen molar-refractivity contribution >= 4 is 17.5 Å². The van der Waals surface area contributed by atoms with Crippen molar-refractivity contribution in [2.45, 2.75) is 26.1 Å². The third kappa shape index (κ3) is 3.64. The van der Waals surface area contributed by atoms with E-state index in [2.05, 4.69) is 5.32 Å². The highest BCUT2D eigenvalue weighted by atomic mass is 16.5. The number of hydrogen-bond donors (Lipinski definition) is 1. The molecule has 1 aliphatic heterocycles. The van der Waals surface area contributed by atoms with Crippen LogP contribution in [-0.2, 0) is 9.59 Å². The SMILES string of the molecule is CNC(=O)[C@H]1CN(C(=O)[C@H](C)Oc2ccc(C)cc2)c2ccccc2O1. The fourth-order valence-electron chi connectivity index (χ4n) is 2.83. The van der Waals surface area contributed by atoms with Gasteiger partial charge in [-0.05, 0) is 38.1 Å². The van der Waals surface area contributed by atoms with Crippen LogP contribution in [-0.4, -0.2) is 37.6 Å². The van der Waals surface area contributed by atoms with E-state index in [4.69, 9.17) is 9.47 Å². The molecule has 1 heterocycles. The predicted octanol–water partition coefficient (Wildman–Crippen LogP) is 2.30. The first-order chi connectivity index (χ1) is 12.5. The largest absolute Gasteiger partial charge is 0.481 e. The molecular formula is C20H22N2O4. The van der Waals surface area contributed by atoms with Gasteiger partial charge in [0.1, 0.15) is 11.5 Å². The minimum atomic E-state index is -0.759. The van der Waals surface area contributed by atoms with Gasteiger partial charge in [-0.1, -0.05) is 29.8 Å². The Morgan fingerprint density at radius 3 is 2.58 bits per heavy atom. The van der Waals surface area contributed by atoms with Crippen LogP contribution < -0.4 is 19.7 Å². The van der Waals surface area contributed by atoms with E-state index in [0.29, 0.717) is 17.2 Å². The number of benzene rings is 2. The number of para-hydroxylation sites is 2. The van der Waals surface area contributed by atoms with Crippen LogP contribution >= 0.6 is 0 Å². The van der Waals surface area contributed by atoms with Gasteiger partial charge in [-0.3, -0.25) is 9.59 Å². The molecule has 2 aromatic carbocycles. The van der Waals surface area contributed by atoms with Crippen molar-refractivity contribution in [3.63, 3.8) is 0 Å². The summed E-state index contributed by atoms with van der Waals surface area (Å²) >= 11 is 0. The monoisotopic (exact) mass is 354 g/mol. The summed E-state index contributed by atoms with van der Waals surface area (Å²) < 4.78 is 11.5. The predicted molar refractivity (Wildman–Crippen MR) is 98.5 cm³/mol. The Bertz CT molecular complexity index is 804. The van der Waals surface area contributed by atoms with Crippen molar-refractivity contribution in [2.24, 2.45) is 0 Å². The summed E-state index contributed by atoms with van der Waals surface area (Å²) in [5, 5.41) is 2.57. The van der Waals surface area contributed by atoms with E-state index in [0.717, 1.165) is 5.56 Å². The summed E-state index contributed by atoms with van der Waals surface area (Å²) in [5.74, 6) is 0.628. The first-order valence-corrected chi connectivity index (χ1v) is 8.51. The van der Waals surface area contributed by atoms with Crippen molar-refractivity contribution < 1.29 is 19.1 Å². The summed E-state index contributed by atoms with van der Waals surface area (Å²) in [7, 11) is 1.54. The second-order valence-electron chi connectivity index (χ2n) is 6.21. The van der Waals surface area contributed by atoms with Crippen LogP contribution in [0, 0.1) is 6.92 Å². The molecule has 2 aromatic rings. The molecule has 26 heavy (non-hydrogen) atoms. The number of ether oxygens (including phenoxy) is 2. The highest BCUT2D eigenvalue weighted by molar-refractivity contribution is 5.99. The van der Waals surface area contributed by atoms with Crippen LogP contribution in [0.1, 0.15) is 12.5 Å². The van der Waals surface area contributed by atoms with Crippen LogP contribution in [0.2, 0.25) is 0 Å². The molecule has 0 aromatic heterocycles. The number of carbonyl (C=O) groups is 2. The van der Waals surface area contributed by atoms with Crippen LogP contribution in [0.15, 0.2) is 48.5 Å². The van der Waals surface area contributed by atoms with Gasteiger partial charge in [0, 0.05) is 7.05 Å². The fraction of sp³-hybridized carbons (Fsp3) is 0.300. The number of likely N-dealkylation sites (N-methyl/N-ethyl adjacent to an activating group) is 1. The van der Waals surface area contributed by atoms with E-state index >= 15 is 0 Å². The molecule has 1 N–H and O–H groups in total. The molecule has 1 aliphatic rings. The maximum absolute atomic E-state index is 13.0. The van der Waals surface area contributed by atoms with E-state index in [1.165, 1.54) is 0 Å². The highest BCUT2D eigenvalue weighted by Crippen LogP contribution is 2.33.